The quantitative estimate of drug-likeness (QED) is 0.490. The van der Waals surface area contributed by atoms with Crippen LogP contribution in [0.25, 0.3) is 10.6 Å². The summed E-state index contributed by atoms with van der Waals surface area (Å²) in [6.45, 7) is 0. The van der Waals surface area contributed by atoms with Crippen LogP contribution >= 0.6 is 22.9 Å². The molecule has 1 aliphatic rings. The predicted octanol–water partition coefficient (Wildman–Crippen LogP) is 1.97. The maximum absolute atomic E-state index is 13.4. The predicted molar refractivity (Wildman–Crippen MR) is 114 cm³/mol. The number of amides is 1. The van der Waals surface area contributed by atoms with Crippen molar-refractivity contribution >= 4 is 44.7 Å². The minimum Gasteiger partial charge on any atom is -0.325 e. The Morgan fingerprint density at radius 1 is 1.45 bits per heavy atom. The van der Waals surface area contributed by atoms with Gasteiger partial charge in [0.15, 0.2) is 5.69 Å². The number of carbonyl (C=O) groups is 1. The molecule has 1 saturated heterocycles. The molecule has 2 aromatic heterocycles. The molecule has 0 radical (unpaired) electrons. The Labute approximate surface area is 187 Å². The monoisotopic (exact) mass is 485 g/mol. The van der Waals surface area contributed by atoms with Crippen molar-refractivity contribution in [1.29, 1.82) is 0 Å². The van der Waals surface area contributed by atoms with Crippen molar-refractivity contribution in [2.75, 3.05) is 12.4 Å². The zero-order valence-corrected chi connectivity index (χ0v) is 18.9. The highest BCUT2D eigenvalue weighted by molar-refractivity contribution is 7.87. The van der Waals surface area contributed by atoms with Crippen LogP contribution in [0, 0.1) is 5.82 Å². The van der Waals surface area contributed by atoms with Crippen molar-refractivity contribution in [3.8, 4) is 10.6 Å². The zero-order valence-electron chi connectivity index (χ0n) is 16.5. The highest BCUT2D eigenvalue weighted by atomic mass is 35.5. The second kappa shape index (κ2) is 8.28. The van der Waals surface area contributed by atoms with Crippen LogP contribution in [-0.2, 0) is 22.1 Å². The first-order chi connectivity index (χ1) is 14.7. The first-order valence-electron chi connectivity index (χ1n) is 9.15. The number of H-pyrrole nitrogens is 1. The molecule has 31 heavy (non-hydrogen) atoms. The molecule has 3 N–H and O–H groups in total. The van der Waals surface area contributed by atoms with Crippen LogP contribution in [0.3, 0.4) is 0 Å². The number of nitrogens with one attached hydrogen (secondary N) is 3. The van der Waals surface area contributed by atoms with Gasteiger partial charge < -0.3 is 5.32 Å². The molecule has 9 nitrogen and oxygen atoms in total. The number of nitrogens with zero attached hydrogens (tertiary/aromatic N) is 3. The van der Waals surface area contributed by atoms with Crippen molar-refractivity contribution in [3.63, 3.8) is 0 Å². The molecule has 4 rings (SSSR count). The van der Waals surface area contributed by atoms with Gasteiger partial charge in [-0.3, -0.25) is 4.79 Å². The second-order valence-corrected chi connectivity index (χ2v) is 10.3. The number of thiazole rings is 1. The molecule has 0 aliphatic carbocycles. The Kier molecular flexibility index (Phi) is 5.83. The van der Waals surface area contributed by atoms with Gasteiger partial charge in [-0.25, -0.2) is 18.9 Å². The molecule has 0 bridgehead atoms. The molecule has 164 valence electrons. The van der Waals surface area contributed by atoms with E-state index in [2.05, 4.69) is 20.0 Å². The van der Waals surface area contributed by atoms with E-state index >= 15 is 0 Å². The third-order valence-electron chi connectivity index (χ3n) is 5.00. The molecule has 3 aromatic rings. The molecule has 1 amide bonds. The molecule has 0 spiro atoms. The standard InChI is InChI=1S/C18H18ClFN6O3S2/c1-25-9-21-7-15(25)16-8-22-18(30-16)13-6-14(26(2)31(28,29)24-13)17(27)23-10-3-4-12(20)11(19)5-10/h3-5,7-9,13-14,24H,6H2,1-2H3,(H,23,27)/p+1/t13-,14+/m0/s1. The Morgan fingerprint density at radius 2 is 2.23 bits per heavy atom. The number of carbonyl (C=O) groups excluding carboxylic acids is 1. The summed E-state index contributed by atoms with van der Waals surface area (Å²) in [6.07, 6.45) is 5.45. The van der Waals surface area contributed by atoms with Crippen LogP contribution in [-0.4, -0.2) is 41.7 Å². The van der Waals surface area contributed by atoms with Crippen LogP contribution in [0.5, 0.6) is 0 Å². The van der Waals surface area contributed by atoms with Crippen LogP contribution in [0.15, 0.2) is 36.9 Å². The minimum atomic E-state index is -3.92. The van der Waals surface area contributed by atoms with Gasteiger partial charge in [-0.1, -0.05) is 11.6 Å². The number of halogens is 2. The SMILES string of the molecule is CN1[C@@H](C(=O)Nc2ccc(F)c(Cl)c2)C[C@@H](c2ncc(-c3c[nH]c[n+]3C)s2)NS1(=O)=O. The first-order valence-corrected chi connectivity index (χ1v) is 11.8. The molecule has 13 heteroatoms. The van der Waals surface area contributed by atoms with Crippen molar-refractivity contribution in [1.82, 2.24) is 19.0 Å². The average molecular weight is 486 g/mol. The van der Waals surface area contributed by atoms with Gasteiger partial charge in [-0.05, 0) is 24.6 Å². The van der Waals surface area contributed by atoms with E-state index in [9.17, 15) is 17.6 Å². The molecule has 1 fully saturated rings. The fraction of sp³-hybridized carbons (Fsp3) is 0.278. The average Bonchev–Trinajstić information content (AvgIpc) is 3.35. The molecule has 0 saturated carbocycles. The van der Waals surface area contributed by atoms with E-state index in [0.29, 0.717) is 5.01 Å². The van der Waals surface area contributed by atoms with E-state index in [1.807, 2.05) is 17.8 Å². The van der Waals surface area contributed by atoms with E-state index in [0.717, 1.165) is 20.9 Å². The minimum absolute atomic E-state index is 0.143. The summed E-state index contributed by atoms with van der Waals surface area (Å²) in [7, 11) is -0.714. The highest BCUT2D eigenvalue weighted by Crippen LogP contribution is 2.33. The topological polar surface area (TPSA) is 111 Å². The fourth-order valence-electron chi connectivity index (χ4n) is 3.28. The molecule has 1 aromatic carbocycles. The number of aryl methyl sites for hydroxylation is 1. The zero-order chi connectivity index (χ0) is 22.3. The van der Waals surface area contributed by atoms with Crippen LogP contribution in [0.4, 0.5) is 10.1 Å². The van der Waals surface area contributed by atoms with Gasteiger partial charge in [0.2, 0.25) is 12.2 Å². The molecule has 1 aliphatic heterocycles. The molecule has 0 unspecified atom stereocenters. The third-order valence-corrected chi connectivity index (χ3v) is 8.02. The maximum atomic E-state index is 13.4. The molecular formula is C18H19ClFN6O3S2+. The van der Waals surface area contributed by atoms with E-state index in [1.54, 1.807) is 12.5 Å². The van der Waals surface area contributed by atoms with Crippen molar-refractivity contribution < 1.29 is 22.2 Å². The fourth-order valence-corrected chi connectivity index (χ4v) is 5.83. The Morgan fingerprint density at radius 3 is 2.90 bits per heavy atom. The van der Waals surface area contributed by atoms with Crippen LogP contribution < -0.4 is 14.6 Å². The lowest BCUT2D eigenvalue weighted by atomic mass is 10.1. The van der Waals surface area contributed by atoms with Gasteiger partial charge in [0.25, 0.3) is 10.2 Å². The largest absolute Gasteiger partial charge is 0.325 e. The van der Waals surface area contributed by atoms with Crippen LogP contribution in [0.2, 0.25) is 5.02 Å². The van der Waals surface area contributed by atoms with Gasteiger partial charge in [0.1, 0.15) is 23.1 Å². The Bertz CT molecular complexity index is 1240. The highest BCUT2D eigenvalue weighted by Gasteiger charge is 2.41. The van der Waals surface area contributed by atoms with E-state index in [1.165, 1.54) is 30.5 Å². The maximum Gasteiger partial charge on any atom is 0.280 e. The molecule has 2 atom stereocenters. The van der Waals surface area contributed by atoms with Gasteiger partial charge in [0.05, 0.1) is 23.0 Å². The van der Waals surface area contributed by atoms with E-state index in [-0.39, 0.29) is 17.1 Å². The molecule has 3 heterocycles. The number of aromatic nitrogens is 3. The number of hydrogen-bond acceptors (Lipinski definition) is 5. The lowest BCUT2D eigenvalue weighted by Crippen LogP contribution is -2.55. The molecular weight excluding hydrogens is 467 g/mol. The van der Waals surface area contributed by atoms with E-state index in [4.69, 9.17) is 11.6 Å². The van der Waals surface area contributed by atoms with Crippen molar-refractivity contribution in [2.24, 2.45) is 7.05 Å². The summed E-state index contributed by atoms with van der Waals surface area (Å²) in [4.78, 5) is 21.1. The summed E-state index contributed by atoms with van der Waals surface area (Å²) >= 11 is 7.11. The number of likely N-dealkylation sites (N-methyl/N-ethyl adjacent to an activating group) is 1. The lowest BCUT2D eigenvalue weighted by Gasteiger charge is -2.35. The Balaban J connectivity index is 1.58. The van der Waals surface area contributed by atoms with Gasteiger partial charge >= 0.3 is 0 Å². The van der Waals surface area contributed by atoms with Crippen molar-refractivity contribution in [2.45, 2.75) is 18.5 Å². The summed E-state index contributed by atoms with van der Waals surface area (Å²) in [5.74, 6) is -1.16. The summed E-state index contributed by atoms with van der Waals surface area (Å²) in [5, 5.41) is 3.01. The van der Waals surface area contributed by atoms with Crippen molar-refractivity contribution in [3.05, 3.63) is 52.8 Å². The summed E-state index contributed by atoms with van der Waals surface area (Å²) in [5.41, 5.74) is 1.18. The van der Waals surface area contributed by atoms with Crippen LogP contribution in [0.1, 0.15) is 17.5 Å². The number of hydrogen-bond donors (Lipinski definition) is 3. The number of anilines is 1. The normalized spacial score (nSPS) is 21.2. The van der Waals surface area contributed by atoms with Gasteiger partial charge in [0, 0.05) is 18.9 Å². The number of benzene rings is 1. The Hall–Kier alpha value is -2.38. The number of rotatable bonds is 4. The third kappa shape index (κ3) is 4.34. The second-order valence-electron chi connectivity index (χ2n) is 7.06. The number of aromatic amines is 1. The first kappa shape index (κ1) is 21.8. The smallest absolute Gasteiger partial charge is 0.280 e. The van der Waals surface area contributed by atoms with E-state index < -0.39 is 34.0 Å². The summed E-state index contributed by atoms with van der Waals surface area (Å²) < 4.78 is 44.1. The van der Waals surface area contributed by atoms with Gasteiger partial charge in [-0.15, -0.1) is 11.3 Å². The summed E-state index contributed by atoms with van der Waals surface area (Å²) in [6, 6.07) is 2.09. The lowest BCUT2D eigenvalue weighted by molar-refractivity contribution is -0.659. The van der Waals surface area contributed by atoms with Gasteiger partial charge in [-0.2, -0.15) is 17.4 Å². The number of imidazole rings is 1.